The van der Waals surface area contributed by atoms with E-state index in [0.717, 1.165) is 77.6 Å². The Hall–Kier alpha value is -9.00. The number of rotatable bonds is 8. The first-order chi connectivity index (χ1) is 36.1. The van der Waals surface area contributed by atoms with E-state index >= 15 is 0 Å². The van der Waals surface area contributed by atoms with Crippen molar-refractivity contribution in [2.45, 2.75) is 0 Å². The van der Waals surface area contributed by atoms with Gasteiger partial charge < -0.3 is 14.2 Å². The van der Waals surface area contributed by atoms with Crippen molar-refractivity contribution in [2.75, 3.05) is 9.80 Å². The van der Waals surface area contributed by atoms with Crippen LogP contribution in [0.15, 0.2) is 258 Å². The monoisotopic (exact) mass is 966 g/mol. The number of anilines is 6. The Morgan fingerprint density at radius 1 is 0.274 bits per heavy atom. The van der Waals surface area contributed by atoms with Crippen molar-refractivity contribution in [3.63, 3.8) is 0 Å². The second-order valence-electron chi connectivity index (χ2n) is 18.9. The van der Waals surface area contributed by atoms with Gasteiger partial charge in [-0.3, -0.25) is 0 Å². The van der Waals surface area contributed by atoms with Crippen molar-refractivity contribution in [3.05, 3.63) is 253 Å². The van der Waals surface area contributed by atoms with Crippen molar-refractivity contribution in [2.24, 2.45) is 0 Å². The van der Waals surface area contributed by atoms with Crippen LogP contribution in [0.2, 0.25) is 0 Å². The van der Waals surface area contributed by atoms with Crippen LogP contribution in [-0.2, 0) is 0 Å². The molecule has 3 aromatic heterocycles. The summed E-state index contributed by atoms with van der Waals surface area (Å²) in [6, 6.07) is 89.0. The number of thiophene rings is 2. The molecule has 0 saturated heterocycles. The van der Waals surface area contributed by atoms with E-state index in [1.165, 1.54) is 64.0 Å². The lowest BCUT2D eigenvalue weighted by atomic mass is 9.98. The van der Waals surface area contributed by atoms with Gasteiger partial charge in [-0.05, 0) is 162 Å². The summed E-state index contributed by atoms with van der Waals surface area (Å²) in [6.45, 7) is 0. The van der Waals surface area contributed by atoms with Crippen molar-refractivity contribution >= 4 is 142 Å². The number of hydrogen-bond donors (Lipinski definition) is 0. The third-order valence-corrected chi connectivity index (χ3v) is 16.4. The molecule has 0 aliphatic carbocycles. The molecule has 0 amide bonds. The number of nitrogens with zero attached hydrogens (tertiary/aromatic N) is 2. The highest BCUT2D eigenvalue weighted by atomic mass is 32.1. The van der Waals surface area contributed by atoms with E-state index in [1.54, 1.807) is 22.7 Å². The van der Waals surface area contributed by atoms with Crippen LogP contribution in [0.5, 0.6) is 0 Å². The first-order valence-corrected chi connectivity index (χ1v) is 26.4. The minimum atomic E-state index is 0.867. The Labute approximate surface area is 429 Å². The minimum absolute atomic E-state index is 0.867. The Morgan fingerprint density at radius 2 is 0.712 bits per heavy atom. The summed E-state index contributed by atoms with van der Waals surface area (Å²) in [6.07, 6.45) is 0. The molecule has 12 aromatic carbocycles. The zero-order chi connectivity index (χ0) is 48.0. The number of furan rings is 1. The Morgan fingerprint density at radius 3 is 1.19 bits per heavy atom. The molecule has 73 heavy (non-hydrogen) atoms. The molecular weight excluding hydrogens is 925 g/mol. The molecule has 3 heterocycles. The quantitative estimate of drug-likeness (QED) is 0.151. The predicted octanol–water partition coefficient (Wildman–Crippen LogP) is 20.9. The maximum absolute atomic E-state index is 6.93. The number of hydrogen-bond acceptors (Lipinski definition) is 5. The fraction of sp³-hybridized carbons (Fsp3) is 0. The van der Waals surface area contributed by atoms with Gasteiger partial charge in [-0.2, -0.15) is 0 Å². The molecule has 5 heteroatoms. The molecule has 0 aliphatic heterocycles. The molecule has 0 radical (unpaired) electrons. The number of fused-ring (bicyclic) bond motifs is 9. The van der Waals surface area contributed by atoms with Crippen molar-refractivity contribution in [1.29, 1.82) is 0 Å². The van der Waals surface area contributed by atoms with E-state index in [9.17, 15) is 0 Å². The van der Waals surface area contributed by atoms with Gasteiger partial charge in [0.05, 0.1) is 22.7 Å². The largest absolute Gasteiger partial charge is 0.456 e. The van der Waals surface area contributed by atoms with Crippen molar-refractivity contribution in [1.82, 2.24) is 0 Å². The fourth-order valence-electron chi connectivity index (χ4n) is 11.2. The summed E-state index contributed by atoms with van der Waals surface area (Å²) >= 11 is 3.56. The highest BCUT2D eigenvalue weighted by Gasteiger charge is 2.24. The van der Waals surface area contributed by atoms with Gasteiger partial charge in [0.2, 0.25) is 0 Å². The lowest BCUT2D eigenvalue weighted by molar-refractivity contribution is 0.670. The average molecular weight is 967 g/mol. The molecule has 3 nitrogen and oxygen atoms in total. The van der Waals surface area contributed by atoms with Gasteiger partial charge in [-0.15, -0.1) is 22.7 Å². The highest BCUT2D eigenvalue weighted by Crippen LogP contribution is 2.49. The lowest BCUT2D eigenvalue weighted by Crippen LogP contribution is -2.12. The van der Waals surface area contributed by atoms with Crippen LogP contribution in [0, 0.1) is 0 Å². The average Bonchev–Trinajstić information content (AvgIpc) is 4.21. The van der Waals surface area contributed by atoms with Gasteiger partial charge in [-0.1, -0.05) is 146 Å². The molecule has 0 fully saturated rings. The molecule has 0 N–H and O–H groups in total. The van der Waals surface area contributed by atoms with E-state index < -0.39 is 0 Å². The van der Waals surface area contributed by atoms with Crippen LogP contribution < -0.4 is 9.80 Å². The minimum Gasteiger partial charge on any atom is -0.456 e. The summed E-state index contributed by atoms with van der Waals surface area (Å²) in [5.74, 6) is 0. The molecule has 0 bridgehead atoms. The Balaban J connectivity index is 0.897. The normalized spacial score (nSPS) is 11.8. The van der Waals surface area contributed by atoms with Gasteiger partial charge in [0.25, 0.3) is 0 Å². The van der Waals surface area contributed by atoms with Gasteiger partial charge in [-0.25, -0.2) is 0 Å². The first-order valence-electron chi connectivity index (χ1n) is 24.7. The molecule has 342 valence electrons. The summed E-state index contributed by atoms with van der Waals surface area (Å²) in [4.78, 5) is 4.92. The zero-order valence-electron chi connectivity index (χ0n) is 39.4. The third-order valence-electron chi connectivity index (χ3n) is 14.7. The maximum atomic E-state index is 6.93. The van der Waals surface area contributed by atoms with E-state index in [1.807, 2.05) is 0 Å². The van der Waals surface area contributed by atoms with Gasteiger partial charge >= 0.3 is 0 Å². The van der Waals surface area contributed by atoms with Crippen LogP contribution in [0.1, 0.15) is 0 Å². The van der Waals surface area contributed by atoms with Gasteiger partial charge in [0.15, 0.2) is 0 Å². The van der Waals surface area contributed by atoms with Crippen LogP contribution in [-0.4, -0.2) is 0 Å². The molecule has 0 unspecified atom stereocenters. The van der Waals surface area contributed by atoms with Crippen LogP contribution >= 0.6 is 22.7 Å². The topological polar surface area (TPSA) is 19.6 Å². The Bertz CT molecular complexity index is 4340. The van der Waals surface area contributed by atoms with Crippen LogP contribution in [0.3, 0.4) is 0 Å². The molecule has 0 spiro atoms. The summed E-state index contributed by atoms with van der Waals surface area (Å²) in [7, 11) is 0. The molecule has 0 atom stereocenters. The molecular formula is C68H42N2OS2. The molecule has 15 rings (SSSR count). The Kier molecular flexibility index (Phi) is 9.62. The van der Waals surface area contributed by atoms with E-state index in [4.69, 9.17) is 4.42 Å². The maximum Gasteiger partial charge on any atom is 0.136 e. The smallest absolute Gasteiger partial charge is 0.136 e. The second-order valence-corrected chi connectivity index (χ2v) is 20.8. The molecule has 0 aliphatic rings. The third kappa shape index (κ3) is 7.00. The SMILES string of the molecule is c1ccc(-c2cc3ccsc3cc2N(c2ccc3cc4c(cc3c2)oc2cc3cc(N(c5cc6sccc6cc5-c5ccccc5)c5cccc6ccccc56)ccc3cc24)c2cccc3ccccc23)cc1. The predicted molar refractivity (Wildman–Crippen MR) is 315 cm³/mol. The number of benzene rings is 12. The summed E-state index contributed by atoms with van der Waals surface area (Å²) < 4.78 is 9.44. The molecule has 0 saturated carbocycles. The summed E-state index contributed by atoms with van der Waals surface area (Å²) in [5, 5.41) is 18.4. The lowest BCUT2D eigenvalue weighted by Gasteiger charge is -2.29. The van der Waals surface area contributed by atoms with E-state index in [2.05, 4.69) is 263 Å². The second kappa shape index (κ2) is 16.8. The fourth-order valence-corrected chi connectivity index (χ4v) is 12.8. The van der Waals surface area contributed by atoms with Crippen LogP contribution in [0.25, 0.3) is 107 Å². The van der Waals surface area contributed by atoms with E-state index in [0.29, 0.717) is 0 Å². The van der Waals surface area contributed by atoms with E-state index in [-0.39, 0.29) is 0 Å². The van der Waals surface area contributed by atoms with Gasteiger partial charge in [0, 0.05) is 53.4 Å². The first kappa shape index (κ1) is 41.8. The van der Waals surface area contributed by atoms with Gasteiger partial charge in [0.1, 0.15) is 11.2 Å². The highest BCUT2D eigenvalue weighted by molar-refractivity contribution is 7.17. The van der Waals surface area contributed by atoms with Crippen molar-refractivity contribution in [3.8, 4) is 22.3 Å². The van der Waals surface area contributed by atoms with Crippen molar-refractivity contribution < 1.29 is 4.42 Å². The molecule has 15 aromatic rings. The summed E-state index contributed by atoms with van der Waals surface area (Å²) in [5.41, 5.74) is 13.1. The zero-order valence-corrected chi connectivity index (χ0v) is 41.0. The van der Waals surface area contributed by atoms with Crippen LogP contribution in [0.4, 0.5) is 34.1 Å². The standard InChI is InChI=1S/C68H42N2OS2/c1-3-13-45(14-4-1)57-37-49-29-31-72-67(49)41-63(57)69(61-23-11-19-43-17-7-9-21-55(43)61)53-27-25-47-35-59-60-36-48-26-28-54(34-52(48)40-66(60)71-65(59)39-51(47)33-53)70(62-24-12-20-44-18-8-10-22-56(44)62)64-42-68-50(30-32-73-68)38-58(64)46-15-5-2-6-16-46/h1-42H.